The molecule has 1 N–H and O–H groups in total. The number of benzene rings is 1. The van der Waals surface area contributed by atoms with Crippen LogP contribution in [-0.2, 0) is 16.1 Å². The van der Waals surface area contributed by atoms with E-state index < -0.39 is 12.1 Å². The lowest BCUT2D eigenvalue weighted by atomic mass is 10.2. The number of nitrogens with zero attached hydrogens (tertiary/aromatic N) is 3. The molecule has 0 aliphatic carbocycles. The van der Waals surface area contributed by atoms with E-state index in [-0.39, 0.29) is 0 Å². The first-order valence-corrected chi connectivity index (χ1v) is 6.89. The van der Waals surface area contributed by atoms with Crippen molar-refractivity contribution in [1.82, 2.24) is 14.7 Å². The minimum absolute atomic E-state index is 0.396. The molecule has 1 aliphatic heterocycles. The van der Waals surface area contributed by atoms with Crippen LogP contribution in [0.1, 0.15) is 5.69 Å². The molecule has 1 atom stereocenters. The Morgan fingerprint density at radius 2 is 2.14 bits per heavy atom. The van der Waals surface area contributed by atoms with Crippen molar-refractivity contribution in [2.45, 2.75) is 12.6 Å². The molecular weight excluding hydrogens is 270 g/mol. The molecule has 6 heteroatoms. The normalized spacial score (nSPS) is 19.5. The summed E-state index contributed by atoms with van der Waals surface area (Å²) in [6.07, 6.45) is 1.18. The molecule has 0 amide bonds. The van der Waals surface area contributed by atoms with Gasteiger partial charge in [-0.1, -0.05) is 18.2 Å². The number of morpholine rings is 1. The van der Waals surface area contributed by atoms with E-state index in [0.717, 1.165) is 17.9 Å². The summed E-state index contributed by atoms with van der Waals surface area (Å²) in [6.45, 7) is 2.19. The van der Waals surface area contributed by atoms with Gasteiger partial charge >= 0.3 is 5.97 Å². The van der Waals surface area contributed by atoms with Crippen LogP contribution in [-0.4, -0.2) is 51.6 Å². The van der Waals surface area contributed by atoms with E-state index in [1.807, 2.05) is 47.3 Å². The van der Waals surface area contributed by atoms with Gasteiger partial charge in [0.15, 0.2) is 6.10 Å². The Morgan fingerprint density at radius 1 is 1.33 bits per heavy atom. The van der Waals surface area contributed by atoms with Gasteiger partial charge in [-0.3, -0.25) is 4.90 Å². The topological polar surface area (TPSA) is 67.6 Å². The van der Waals surface area contributed by atoms with Crippen LogP contribution in [0.2, 0.25) is 0 Å². The number of carbonyl (C=O) groups is 1. The van der Waals surface area contributed by atoms with Gasteiger partial charge in [0, 0.05) is 25.8 Å². The Balaban J connectivity index is 1.66. The Morgan fingerprint density at radius 3 is 2.90 bits per heavy atom. The summed E-state index contributed by atoms with van der Waals surface area (Å²) in [4.78, 5) is 13.0. The highest BCUT2D eigenvalue weighted by Crippen LogP contribution is 2.11. The van der Waals surface area contributed by atoms with Gasteiger partial charge in [0.2, 0.25) is 0 Å². The molecule has 0 spiro atoms. The Hall–Kier alpha value is -2.18. The average molecular weight is 287 g/mol. The number of carboxylic acids is 1. The molecule has 1 fully saturated rings. The zero-order chi connectivity index (χ0) is 14.7. The fraction of sp³-hybridized carbons (Fsp3) is 0.333. The number of hydrogen-bond donors (Lipinski definition) is 1. The van der Waals surface area contributed by atoms with Crippen LogP contribution in [0, 0.1) is 0 Å². The average Bonchev–Trinajstić information content (AvgIpc) is 2.97. The van der Waals surface area contributed by atoms with Crippen LogP contribution in [0.5, 0.6) is 0 Å². The molecule has 1 unspecified atom stereocenters. The second-order valence-corrected chi connectivity index (χ2v) is 5.02. The van der Waals surface area contributed by atoms with Gasteiger partial charge in [-0.25, -0.2) is 9.48 Å². The summed E-state index contributed by atoms with van der Waals surface area (Å²) >= 11 is 0. The summed E-state index contributed by atoms with van der Waals surface area (Å²) in [5, 5.41) is 13.5. The minimum Gasteiger partial charge on any atom is -0.479 e. The molecule has 2 aromatic rings. The van der Waals surface area contributed by atoms with Crippen molar-refractivity contribution in [3.8, 4) is 5.69 Å². The highest BCUT2D eigenvalue weighted by Gasteiger charge is 2.26. The summed E-state index contributed by atoms with van der Waals surface area (Å²) in [5.74, 6) is -0.908. The summed E-state index contributed by atoms with van der Waals surface area (Å²) in [5.41, 5.74) is 1.93. The van der Waals surface area contributed by atoms with E-state index in [1.165, 1.54) is 0 Å². The Kier molecular flexibility index (Phi) is 3.98. The van der Waals surface area contributed by atoms with Gasteiger partial charge < -0.3 is 9.84 Å². The molecule has 0 radical (unpaired) electrons. The number of hydrogen-bond acceptors (Lipinski definition) is 4. The van der Waals surface area contributed by atoms with E-state index in [4.69, 9.17) is 9.84 Å². The number of carboxylic acid groups (broad SMARTS) is 1. The second-order valence-electron chi connectivity index (χ2n) is 5.02. The van der Waals surface area contributed by atoms with Crippen molar-refractivity contribution in [2.75, 3.05) is 19.7 Å². The van der Waals surface area contributed by atoms with Gasteiger partial charge in [-0.05, 0) is 18.2 Å². The number of rotatable bonds is 4. The molecule has 21 heavy (non-hydrogen) atoms. The molecule has 3 rings (SSSR count). The fourth-order valence-electron chi connectivity index (χ4n) is 2.40. The highest BCUT2D eigenvalue weighted by molar-refractivity contribution is 5.72. The van der Waals surface area contributed by atoms with Gasteiger partial charge in [-0.2, -0.15) is 5.10 Å². The summed E-state index contributed by atoms with van der Waals surface area (Å²) in [7, 11) is 0. The molecular formula is C15H17N3O3. The Labute approximate surface area is 122 Å². The molecule has 0 bridgehead atoms. The zero-order valence-electron chi connectivity index (χ0n) is 11.6. The highest BCUT2D eigenvalue weighted by atomic mass is 16.5. The van der Waals surface area contributed by atoms with Crippen LogP contribution in [0.3, 0.4) is 0 Å². The third-order valence-electron chi connectivity index (χ3n) is 3.48. The maximum absolute atomic E-state index is 11.0. The van der Waals surface area contributed by atoms with Crippen molar-refractivity contribution < 1.29 is 14.6 Å². The number of aliphatic carboxylic acids is 1. The van der Waals surface area contributed by atoms with Gasteiger partial charge in [0.05, 0.1) is 18.0 Å². The van der Waals surface area contributed by atoms with Gasteiger partial charge in [0.25, 0.3) is 0 Å². The maximum atomic E-state index is 11.0. The summed E-state index contributed by atoms with van der Waals surface area (Å²) in [6, 6.07) is 11.8. The number of aromatic nitrogens is 2. The van der Waals surface area contributed by atoms with Crippen molar-refractivity contribution in [3.05, 3.63) is 48.3 Å². The molecule has 1 aromatic heterocycles. The molecule has 1 aromatic carbocycles. The fourth-order valence-corrected chi connectivity index (χ4v) is 2.40. The monoisotopic (exact) mass is 287 g/mol. The number of para-hydroxylation sites is 1. The summed E-state index contributed by atoms with van der Waals surface area (Å²) < 4.78 is 7.04. The molecule has 1 aliphatic rings. The van der Waals surface area contributed by atoms with E-state index in [0.29, 0.717) is 19.7 Å². The smallest absolute Gasteiger partial charge is 0.334 e. The van der Waals surface area contributed by atoms with Crippen LogP contribution < -0.4 is 0 Å². The molecule has 6 nitrogen and oxygen atoms in total. The number of ether oxygens (including phenoxy) is 1. The van der Waals surface area contributed by atoms with Crippen LogP contribution in [0.25, 0.3) is 5.69 Å². The third kappa shape index (κ3) is 3.29. The van der Waals surface area contributed by atoms with E-state index >= 15 is 0 Å². The van der Waals surface area contributed by atoms with E-state index in [9.17, 15) is 4.79 Å². The predicted octanol–water partition coefficient (Wildman–Crippen LogP) is 1.16. The zero-order valence-corrected chi connectivity index (χ0v) is 11.6. The molecule has 2 heterocycles. The van der Waals surface area contributed by atoms with Crippen molar-refractivity contribution in [3.63, 3.8) is 0 Å². The standard InChI is InChI=1S/C15H17N3O3/c19-15(20)14-11-17(8-9-21-14)10-12-6-7-18(16-12)13-4-2-1-3-5-13/h1-7,14H,8-11H2,(H,19,20). The Bertz CT molecular complexity index is 612. The SMILES string of the molecule is O=C(O)C1CN(Cc2ccn(-c3ccccc3)n2)CCO1. The van der Waals surface area contributed by atoms with Crippen molar-refractivity contribution >= 4 is 5.97 Å². The molecule has 0 saturated carbocycles. The third-order valence-corrected chi connectivity index (χ3v) is 3.48. The van der Waals surface area contributed by atoms with Gasteiger partial charge in [-0.15, -0.1) is 0 Å². The largest absolute Gasteiger partial charge is 0.479 e. The predicted molar refractivity (Wildman–Crippen MR) is 76.2 cm³/mol. The van der Waals surface area contributed by atoms with Gasteiger partial charge in [0.1, 0.15) is 0 Å². The first-order chi connectivity index (χ1) is 10.2. The van der Waals surface area contributed by atoms with Crippen molar-refractivity contribution in [2.24, 2.45) is 0 Å². The maximum Gasteiger partial charge on any atom is 0.334 e. The van der Waals surface area contributed by atoms with Crippen molar-refractivity contribution in [1.29, 1.82) is 0 Å². The molecule has 1 saturated heterocycles. The quantitative estimate of drug-likeness (QED) is 0.914. The lowest BCUT2D eigenvalue weighted by Crippen LogP contribution is -2.45. The molecule has 110 valence electrons. The van der Waals surface area contributed by atoms with Crippen LogP contribution >= 0.6 is 0 Å². The first kappa shape index (κ1) is 13.8. The second kappa shape index (κ2) is 6.07. The lowest BCUT2D eigenvalue weighted by molar-refractivity contribution is -0.156. The van der Waals surface area contributed by atoms with E-state index in [1.54, 1.807) is 0 Å². The minimum atomic E-state index is -0.908. The van der Waals surface area contributed by atoms with Crippen LogP contribution in [0.4, 0.5) is 0 Å². The lowest BCUT2D eigenvalue weighted by Gasteiger charge is -2.30. The van der Waals surface area contributed by atoms with E-state index in [2.05, 4.69) is 10.00 Å². The van der Waals surface area contributed by atoms with Crippen LogP contribution in [0.15, 0.2) is 42.6 Å². The first-order valence-electron chi connectivity index (χ1n) is 6.89.